The number of benzene rings is 2. The highest BCUT2D eigenvalue weighted by atomic mass is 35.5. The molecule has 0 aliphatic rings. The molecule has 2 aromatic carbocycles. The highest BCUT2D eigenvalue weighted by Gasteiger charge is 2.29. The van der Waals surface area contributed by atoms with Gasteiger partial charge in [0.15, 0.2) is 0 Å². The van der Waals surface area contributed by atoms with E-state index in [0.717, 1.165) is 33.4 Å². The van der Waals surface area contributed by atoms with E-state index in [9.17, 15) is 23.3 Å². The first-order chi connectivity index (χ1) is 17.2. The van der Waals surface area contributed by atoms with Gasteiger partial charge in [-0.05, 0) is 43.2 Å². The second-order valence-corrected chi connectivity index (χ2v) is 12.0. The largest absolute Gasteiger partial charge is 0.309 e. The maximum atomic E-state index is 13.3. The molecule has 198 valence electrons. The molecule has 1 amide bonds. The number of nitrogens with zero attached hydrogens (tertiary/aromatic N) is 4. The number of nitro benzene ring substituents is 1. The van der Waals surface area contributed by atoms with E-state index in [-0.39, 0.29) is 21.9 Å². The molecule has 0 saturated carbocycles. The average molecular weight is 548 g/mol. The lowest BCUT2D eigenvalue weighted by molar-refractivity contribution is -0.384. The van der Waals surface area contributed by atoms with E-state index in [1.165, 1.54) is 6.07 Å². The summed E-state index contributed by atoms with van der Waals surface area (Å²) in [4.78, 5) is 23.3. The number of aromatic nitrogens is 2. The fourth-order valence-electron chi connectivity index (χ4n) is 3.61. The molecule has 12 heteroatoms. The van der Waals surface area contributed by atoms with Gasteiger partial charge < -0.3 is 5.32 Å². The molecular formula is C25H30ClN5O5S. The molecular weight excluding hydrogens is 518 g/mol. The highest BCUT2D eigenvalue weighted by molar-refractivity contribution is 7.89. The molecule has 3 rings (SSSR count). The van der Waals surface area contributed by atoms with Crippen LogP contribution >= 0.6 is 11.6 Å². The smallest absolute Gasteiger partial charge is 0.289 e. The minimum atomic E-state index is -4.22. The third-order valence-electron chi connectivity index (χ3n) is 5.54. The Morgan fingerprint density at radius 1 is 1.19 bits per heavy atom. The number of hydrogen-bond donors (Lipinski definition) is 1. The first kappa shape index (κ1) is 28.3. The van der Waals surface area contributed by atoms with Gasteiger partial charge in [-0.3, -0.25) is 14.9 Å². The van der Waals surface area contributed by atoms with Crippen LogP contribution in [0.15, 0.2) is 53.4 Å². The fourth-order valence-corrected chi connectivity index (χ4v) is 5.31. The summed E-state index contributed by atoms with van der Waals surface area (Å²) in [6.45, 7) is 9.28. The van der Waals surface area contributed by atoms with E-state index in [2.05, 4.69) is 10.4 Å². The normalized spacial score (nSPS) is 12.1. The number of hydrogen-bond acceptors (Lipinski definition) is 6. The standard InChI is InChI=1S/C25H30ClN5O5S/c1-6-12-29(37(35,36)19-10-11-20(26)21(14-19)31(33)34)16-24(32)27-23-15-22(25(3,4)5)28-30(23)18-9-7-8-17(2)13-18/h7-11,13-15H,6,12,16H2,1-5H3,(H,27,32). The van der Waals surface area contributed by atoms with Crippen molar-refractivity contribution in [3.05, 3.63) is 74.9 Å². The SMILES string of the molecule is CCCN(CC(=O)Nc1cc(C(C)(C)C)nn1-c1cccc(C)c1)S(=O)(=O)c1ccc(Cl)c([N+](=O)[O-])c1. The second kappa shape index (κ2) is 11.0. The van der Waals surface area contributed by atoms with Gasteiger partial charge in [-0.15, -0.1) is 0 Å². The van der Waals surface area contributed by atoms with Crippen LogP contribution in [-0.2, 0) is 20.2 Å². The van der Waals surface area contributed by atoms with Crippen LogP contribution in [0.2, 0.25) is 5.02 Å². The number of halogens is 1. The Hall–Kier alpha value is -3.28. The van der Waals surface area contributed by atoms with Gasteiger partial charge in [0.2, 0.25) is 15.9 Å². The number of rotatable bonds is 9. The summed E-state index contributed by atoms with van der Waals surface area (Å²) in [7, 11) is -4.22. The van der Waals surface area contributed by atoms with E-state index in [4.69, 9.17) is 11.6 Å². The molecule has 0 aliphatic carbocycles. The van der Waals surface area contributed by atoms with Crippen LogP contribution in [0.4, 0.5) is 11.5 Å². The van der Waals surface area contributed by atoms with Crippen LogP contribution in [0.3, 0.4) is 0 Å². The summed E-state index contributed by atoms with van der Waals surface area (Å²) in [6, 6.07) is 12.6. The quantitative estimate of drug-likeness (QED) is 0.294. The molecule has 0 fully saturated rings. The van der Waals surface area contributed by atoms with Crippen LogP contribution in [0, 0.1) is 17.0 Å². The summed E-state index contributed by atoms with van der Waals surface area (Å²) >= 11 is 5.84. The molecule has 0 unspecified atom stereocenters. The molecule has 1 aromatic heterocycles. The van der Waals surface area contributed by atoms with E-state index in [0.29, 0.717) is 12.2 Å². The predicted octanol–water partition coefficient (Wildman–Crippen LogP) is 5.08. The lowest BCUT2D eigenvalue weighted by Gasteiger charge is -2.21. The van der Waals surface area contributed by atoms with E-state index in [1.54, 1.807) is 17.7 Å². The number of sulfonamides is 1. The topological polar surface area (TPSA) is 127 Å². The van der Waals surface area contributed by atoms with Crippen LogP contribution in [-0.4, -0.2) is 46.4 Å². The molecule has 0 spiro atoms. The minimum Gasteiger partial charge on any atom is -0.309 e. The molecule has 10 nitrogen and oxygen atoms in total. The minimum absolute atomic E-state index is 0.0383. The van der Waals surface area contributed by atoms with Gasteiger partial charge >= 0.3 is 0 Å². The Labute approximate surface area is 221 Å². The van der Waals surface area contributed by atoms with Crippen molar-refractivity contribution in [3.63, 3.8) is 0 Å². The van der Waals surface area contributed by atoms with Crippen LogP contribution in [0.25, 0.3) is 5.69 Å². The van der Waals surface area contributed by atoms with Gasteiger partial charge in [0, 0.05) is 24.1 Å². The van der Waals surface area contributed by atoms with Gasteiger partial charge in [-0.2, -0.15) is 9.40 Å². The average Bonchev–Trinajstić information content (AvgIpc) is 3.23. The summed E-state index contributed by atoms with van der Waals surface area (Å²) < 4.78 is 29.3. The zero-order chi connectivity index (χ0) is 27.5. The Kier molecular flexibility index (Phi) is 8.41. The van der Waals surface area contributed by atoms with Crippen molar-refractivity contribution in [3.8, 4) is 5.69 Å². The first-order valence-corrected chi connectivity index (χ1v) is 13.5. The van der Waals surface area contributed by atoms with Gasteiger partial charge in [0.05, 0.1) is 27.7 Å². The van der Waals surface area contributed by atoms with Gasteiger partial charge in [-0.25, -0.2) is 13.1 Å². The first-order valence-electron chi connectivity index (χ1n) is 11.7. The Morgan fingerprint density at radius 2 is 1.89 bits per heavy atom. The van der Waals surface area contributed by atoms with Gasteiger partial charge in [0.1, 0.15) is 10.8 Å². The lowest BCUT2D eigenvalue weighted by Crippen LogP contribution is -2.38. The van der Waals surface area contributed by atoms with Gasteiger partial charge in [0.25, 0.3) is 5.69 Å². The number of nitrogens with one attached hydrogen (secondary N) is 1. The molecule has 0 saturated heterocycles. The second-order valence-electron chi connectivity index (χ2n) is 9.67. The van der Waals surface area contributed by atoms with Crippen molar-refractivity contribution in [2.24, 2.45) is 0 Å². The van der Waals surface area contributed by atoms with Crippen molar-refractivity contribution in [1.82, 2.24) is 14.1 Å². The fraction of sp³-hybridized carbons (Fsp3) is 0.360. The van der Waals surface area contributed by atoms with Crippen molar-refractivity contribution in [2.75, 3.05) is 18.4 Å². The number of nitro groups is 1. The number of amides is 1. The van der Waals surface area contributed by atoms with E-state index >= 15 is 0 Å². The monoisotopic (exact) mass is 547 g/mol. The number of anilines is 1. The van der Waals surface area contributed by atoms with Crippen LogP contribution in [0.1, 0.15) is 45.4 Å². The van der Waals surface area contributed by atoms with Gasteiger partial charge in [-0.1, -0.05) is 51.4 Å². The Bertz CT molecular complexity index is 1430. The molecule has 3 aromatic rings. The summed E-state index contributed by atoms with van der Waals surface area (Å²) in [6.07, 6.45) is 0.428. The maximum Gasteiger partial charge on any atom is 0.289 e. The number of aryl methyl sites for hydroxylation is 1. The van der Waals surface area contributed by atoms with E-state index in [1.807, 2.05) is 52.0 Å². The molecule has 0 radical (unpaired) electrons. The van der Waals surface area contributed by atoms with Crippen molar-refractivity contribution >= 4 is 39.0 Å². The van der Waals surface area contributed by atoms with Crippen LogP contribution < -0.4 is 5.32 Å². The number of carbonyl (C=O) groups is 1. The van der Waals surface area contributed by atoms with E-state index < -0.39 is 33.1 Å². The van der Waals surface area contributed by atoms with Crippen LogP contribution in [0.5, 0.6) is 0 Å². The zero-order valence-corrected chi connectivity index (χ0v) is 22.9. The summed E-state index contributed by atoms with van der Waals surface area (Å²) in [5.41, 5.74) is 1.68. The number of carbonyl (C=O) groups excluding carboxylic acids is 1. The third kappa shape index (κ3) is 6.54. The third-order valence-corrected chi connectivity index (χ3v) is 7.70. The molecule has 0 aliphatic heterocycles. The molecule has 0 atom stereocenters. The zero-order valence-electron chi connectivity index (χ0n) is 21.4. The lowest BCUT2D eigenvalue weighted by atomic mass is 9.92. The summed E-state index contributed by atoms with van der Waals surface area (Å²) in [5, 5.41) is 18.6. The molecule has 0 bridgehead atoms. The maximum absolute atomic E-state index is 13.3. The molecule has 37 heavy (non-hydrogen) atoms. The van der Waals surface area contributed by atoms with Crippen molar-refractivity contribution < 1.29 is 18.1 Å². The van der Waals surface area contributed by atoms with Crippen molar-refractivity contribution in [2.45, 2.75) is 51.3 Å². The Morgan fingerprint density at radius 3 is 2.49 bits per heavy atom. The Balaban J connectivity index is 1.93. The summed E-state index contributed by atoms with van der Waals surface area (Å²) in [5.74, 6) is -0.175. The predicted molar refractivity (Wildman–Crippen MR) is 143 cm³/mol. The highest BCUT2D eigenvalue weighted by Crippen LogP contribution is 2.29. The van der Waals surface area contributed by atoms with Crippen molar-refractivity contribution in [1.29, 1.82) is 0 Å². The molecule has 1 N–H and O–H groups in total. The molecule has 1 heterocycles.